The third-order valence-corrected chi connectivity index (χ3v) is 2.87. The molecule has 1 aliphatic heterocycles. The van der Waals surface area contributed by atoms with Crippen molar-refractivity contribution in [2.45, 2.75) is 45.1 Å². The lowest BCUT2D eigenvalue weighted by molar-refractivity contribution is -0.203. The van der Waals surface area contributed by atoms with E-state index in [9.17, 15) is 14.7 Å². The van der Waals surface area contributed by atoms with Gasteiger partial charge in [0.15, 0.2) is 0 Å². The summed E-state index contributed by atoms with van der Waals surface area (Å²) in [7, 11) is 5.68. The van der Waals surface area contributed by atoms with Gasteiger partial charge in [-0.1, -0.05) is 6.92 Å². The summed E-state index contributed by atoms with van der Waals surface area (Å²) < 4.78 is 15.1. The maximum Gasteiger partial charge on any atom is 0.303 e. The van der Waals surface area contributed by atoms with Crippen molar-refractivity contribution in [2.24, 2.45) is 5.92 Å². The second-order valence-corrected chi connectivity index (χ2v) is 4.37. The van der Waals surface area contributed by atoms with Crippen molar-refractivity contribution in [2.75, 3.05) is 6.61 Å². The Kier molecular flexibility index (Phi) is 5.16. The monoisotopic (exact) mass is 256 g/mol. The molecule has 0 unspecified atom stereocenters. The molecule has 0 aromatic carbocycles. The van der Waals surface area contributed by atoms with Crippen molar-refractivity contribution in [3.63, 3.8) is 0 Å². The maximum atomic E-state index is 10.9. The van der Waals surface area contributed by atoms with E-state index in [1.807, 2.05) is 0 Å². The minimum atomic E-state index is -0.960. The quantitative estimate of drug-likeness (QED) is 0.535. The van der Waals surface area contributed by atoms with Crippen LogP contribution in [-0.4, -0.2) is 55.8 Å². The van der Waals surface area contributed by atoms with E-state index in [1.165, 1.54) is 13.8 Å². The summed E-state index contributed by atoms with van der Waals surface area (Å²) in [6.07, 6.45) is -2.39. The van der Waals surface area contributed by atoms with Crippen LogP contribution < -0.4 is 0 Å². The van der Waals surface area contributed by atoms with Gasteiger partial charge in [0.1, 0.15) is 20.6 Å². The highest BCUT2D eigenvalue weighted by Gasteiger charge is 2.42. The zero-order chi connectivity index (χ0) is 13.9. The Balaban J connectivity index is 2.64. The number of hydrogen-bond donors (Lipinski definition) is 1. The molecule has 5 atom stereocenters. The Labute approximate surface area is 107 Å². The Hall–Kier alpha value is -1.08. The van der Waals surface area contributed by atoms with Gasteiger partial charge in [0, 0.05) is 19.8 Å². The second-order valence-electron chi connectivity index (χ2n) is 4.37. The first-order valence-electron chi connectivity index (χ1n) is 5.72. The third-order valence-electron chi connectivity index (χ3n) is 2.87. The molecule has 0 aromatic rings. The van der Waals surface area contributed by atoms with E-state index in [4.69, 9.17) is 22.1 Å². The van der Waals surface area contributed by atoms with E-state index in [2.05, 4.69) is 0 Å². The lowest BCUT2D eigenvalue weighted by atomic mass is 9.81. The minimum Gasteiger partial charge on any atom is -0.463 e. The molecular formula is C11H17BO6. The number of carbonyl (C=O) groups is 2. The highest BCUT2D eigenvalue weighted by atomic mass is 16.6. The lowest BCUT2D eigenvalue weighted by Crippen LogP contribution is -2.56. The third kappa shape index (κ3) is 3.71. The van der Waals surface area contributed by atoms with Gasteiger partial charge in [-0.25, -0.2) is 0 Å². The van der Waals surface area contributed by atoms with Gasteiger partial charge < -0.3 is 19.3 Å². The topological polar surface area (TPSA) is 82.1 Å². The molecule has 1 heterocycles. The Morgan fingerprint density at radius 1 is 1.33 bits per heavy atom. The summed E-state index contributed by atoms with van der Waals surface area (Å²) in [6, 6.07) is -0.944. The molecule has 1 aliphatic rings. The van der Waals surface area contributed by atoms with Gasteiger partial charge in [-0.3, -0.25) is 9.59 Å². The molecule has 0 saturated carbocycles. The van der Waals surface area contributed by atoms with E-state index >= 15 is 0 Å². The number of aliphatic hydroxyl groups excluding tert-OH is 1. The number of ether oxygens (including phenoxy) is 3. The lowest BCUT2D eigenvalue weighted by Gasteiger charge is -2.42. The van der Waals surface area contributed by atoms with Crippen LogP contribution in [0.4, 0.5) is 0 Å². The first kappa shape index (κ1) is 15.0. The van der Waals surface area contributed by atoms with Gasteiger partial charge in [0.2, 0.25) is 0 Å². The van der Waals surface area contributed by atoms with Gasteiger partial charge in [-0.2, -0.15) is 0 Å². The van der Waals surface area contributed by atoms with Gasteiger partial charge in [0.05, 0.1) is 18.2 Å². The number of hydrogen-bond acceptors (Lipinski definition) is 6. The van der Waals surface area contributed by atoms with E-state index < -0.39 is 36.3 Å². The molecule has 1 N–H and O–H groups in total. The molecule has 1 rings (SSSR count). The zero-order valence-electron chi connectivity index (χ0n) is 10.7. The Morgan fingerprint density at radius 2 is 1.94 bits per heavy atom. The van der Waals surface area contributed by atoms with Crippen LogP contribution in [-0.2, 0) is 23.8 Å². The number of carbonyl (C=O) groups excluding carboxylic acids is 2. The average Bonchev–Trinajstić information content (AvgIpc) is 2.27. The van der Waals surface area contributed by atoms with Gasteiger partial charge in [-0.05, 0) is 0 Å². The predicted octanol–water partition coefficient (Wildman–Crippen LogP) is -0.628. The van der Waals surface area contributed by atoms with Gasteiger partial charge in [0.25, 0.3) is 0 Å². The van der Waals surface area contributed by atoms with Crippen LogP contribution in [0.15, 0.2) is 0 Å². The van der Waals surface area contributed by atoms with E-state index in [1.54, 1.807) is 6.92 Å². The standard InChI is InChI=1S/C11H17BO6/c1-5-8(4-16-6(2)13)18-11(12)10(9(5)15)17-7(3)14/h5,8-11,15H,4H2,1-3H3/t5-,8-,9+,10-,11+/m1/s1. The fourth-order valence-electron chi connectivity index (χ4n) is 1.84. The van der Waals surface area contributed by atoms with Crippen molar-refractivity contribution in [3.05, 3.63) is 0 Å². The minimum absolute atomic E-state index is 0.00799. The second kappa shape index (κ2) is 6.20. The molecule has 0 spiro atoms. The van der Waals surface area contributed by atoms with Crippen molar-refractivity contribution in [1.29, 1.82) is 0 Å². The SMILES string of the molecule is [B][C@H]1O[C@H](COC(C)=O)[C@@H](C)[C@H](O)[C@H]1OC(C)=O. The molecular weight excluding hydrogens is 239 g/mol. The molecule has 0 aromatic heterocycles. The smallest absolute Gasteiger partial charge is 0.303 e. The van der Waals surface area contributed by atoms with Crippen LogP contribution in [0.25, 0.3) is 0 Å². The molecule has 1 fully saturated rings. The first-order valence-corrected chi connectivity index (χ1v) is 5.72. The number of esters is 2. The molecule has 1 saturated heterocycles. The highest BCUT2D eigenvalue weighted by Crippen LogP contribution is 2.27. The van der Waals surface area contributed by atoms with Crippen molar-refractivity contribution in [3.8, 4) is 0 Å². The molecule has 0 aliphatic carbocycles. The predicted molar refractivity (Wildman–Crippen MR) is 61.8 cm³/mol. The van der Waals surface area contributed by atoms with Crippen molar-refractivity contribution >= 4 is 19.8 Å². The number of rotatable bonds is 3. The fourth-order valence-corrected chi connectivity index (χ4v) is 1.84. The van der Waals surface area contributed by atoms with Crippen molar-refractivity contribution in [1.82, 2.24) is 0 Å². The maximum absolute atomic E-state index is 10.9. The van der Waals surface area contributed by atoms with E-state index in [0.717, 1.165) is 0 Å². The van der Waals surface area contributed by atoms with Crippen LogP contribution in [0.1, 0.15) is 20.8 Å². The summed E-state index contributed by atoms with van der Waals surface area (Å²) in [6.45, 7) is 4.23. The Morgan fingerprint density at radius 3 is 2.44 bits per heavy atom. The molecule has 18 heavy (non-hydrogen) atoms. The molecule has 0 amide bonds. The molecule has 6 nitrogen and oxygen atoms in total. The van der Waals surface area contributed by atoms with Crippen LogP contribution >= 0.6 is 0 Å². The average molecular weight is 256 g/mol. The Bertz CT molecular complexity index is 319. The largest absolute Gasteiger partial charge is 0.463 e. The fraction of sp³-hybridized carbons (Fsp3) is 0.818. The zero-order valence-corrected chi connectivity index (χ0v) is 10.7. The van der Waals surface area contributed by atoms with Crippen LogP contribution in [0.3, 0.4) is 0 Å². The normalized spacial score (nSPS) is 35.9. The van der Waals surface area contributed by atoms with Gasteiger partial charge in [-0.15, -0.1) is 0 Å². The summed E-state index contributed by atoms with van der Waals surface area (Å²) in [5, 5.41) is 10.0. The summed E-state index contributed by atoms with van der Waals surface area (Å²) in [4.78, 5) is 21.6. The van der Waals surface area contributed by atoms with Crippen LogP contribution in [0, 0.1) is 5.92 Å². The molecule has 7 heteroatoms. The number of aliphatic hydroxyl groups is 1. The highest BCUT2D eigenvalue weighted by molar-refractivity contribution is 6.11. The molecule has 2 radical (unpaired) electrons. The van der Waals surface area contributed by atoms with Crippen LogP contribution in [0.5, 0.6) is 0 Å². The molecule has 0 bridgehead atoms. The van der Waals surface area contributed by atoms with Crippen LogP contribution in [0.2, 0.25) is 0 Å². The van der Waals surface area contributed by atoms with Crippen molar-refractivity contribution < 1.29 is 28.9 Å². The summed E-state index contributed by atoms with van der Waals surface area (Å²) >= 11 is 0. The van der Waals surface area contributed by atoms with E-state index in [0.29, 0.717) is 0 Å². The molecule has 100 valence electrons. The van der Waals surface area contributed by atoms with Gasteiger partial charge >= 0.3 is 11.9 Å². The summed E-state index contributed by atoms with van der Waals surface area (Å²) in [5.41, 5.74) is 0. The van der Waals surface area contributed by atoms with E-state index in [-0.39, 0.29) is 12.5 Å². The first-order chi connectivity index (χ1) is 8.32. The summed E-state index contributed by atoms with van der Waals surface area (Å²) in [5.74, 6) is -1.34.